The molecule has 2 aromatic carbocycles. The van der Waals surface area contributed by atoms with Crippen molar-refractivity contribution >= 4 is 22.4 Å². The van der Waals surface area contributed by atoms with Gasteiger partial charge in [-0.3, -0.25) is 0 Å². The summed E-state index contributed by atoms with van der Waals surface area (Å²) in [7, 11) is -2.49. The van der Waals surface area contributed by atoms with Crippen molar-refractivity contribution in [1.82, 2.24) is 4.31 Å². The van der Waals surface area contributed by atoms with Crippen molar-refractivity contribution < 1.29 is 17.5 Å². The maximum atomic E-state index is 14.3. The highest BCUT2D eigenvalue weighted by atomic mass is 35.5. The molecule has 0 bridgehead atoms. The third-order valence-electron chi connectivity index (χ3n) is 4.70. The number of hydrogen-bond donors (Lipinski definition) is 1. The first-order valence-electron chi connectivity index (χ1n) is 8.00. The van der Waals surface area contributed by atoms with Gasteiger partial charge in [0.05, 0.1) is 12.0 Å². The summed E-state index contributed by atoms with van der Waals surface area (Å²) in [6, 6.07) is 12.0. The Morgan fingerprint density at radius 3 is 2.42 bits per heavy atom. The quantitative estimate of drug-likeness (QED) is 0.856. The third-order valence-corrected chi connectivity index (χ3v) is 6.67. The number of nitrogens with two attached hydrogens (primary N) is 1. The number of rotatable bonds is 4. The van der Waals surface area contributed by atoms with Gasteiger partial charge in [0.25, 0.3) is 0 Å². The first-order valence-corrected chi connectivity index (χ1v) is 9.44. The summed E-state index contributed by atoms with van der Waals surface area (Å²) in [6.45, 7) is 1.92. The lowest BCUT2D eigenvalue weighted by molar-refractivity contribution is 0.383. The highest BCUT2D eigenvalue weighted by Crippen LogP contribution is 2.33. The van der Waals surface area contributed by atoms with Crippen LogP contribution in [0, 0.1) is 12.7 Å². The SMILES string of the molecule is COc1ccc(S(=O)(=O)N2C[C@@H](N)[C@H](c3ccccc3)C2)c(C)c1F.Cl. The maximum absolute atomic E-state index is 14.3. The van der Waals surface area contributed by atoms with E-state index in [1.807, 2.05) is 30.3 Å². The summed E-state index contributed by atoms with van der Waals surface area (Å²) in [6.07, 6.45) is 0. The highest BCUT2D eigenvalue weighted by Gasteiger charge is 2.39. The average Bonchev–Trinajstić information content (AvgIpc) is 3.00. The Labute approximate surface area is 159 Å². The predicted molar refractivity (Wildman–Crippen MR) is 101 cm³/mol. The predicted octanol–water partition coefficient (Wildman–Crippen LogP) is 2.68. The molecule has 26 heavy (non-hydrogen) atoms. The van der Waals surface area contributed by atoms with E-state index >= 15 is 0 Å². The van der Waals surface area contributed by atoms with Gasteiger partial charge in [-0.25, -0.2) is 12.8 Å². The second-order valence-electron chi connectivity index (χ2n) is 6.21. The molecule has 5 nitrogen and oxygen atoms in total. The van der Waals surface area contributed by atoms with Crippen molar-refractivity contribution in [2.24, 2.45) is 5.73 Å². The number of nitrogens with zero attached hydrogens (tertiary/aromatic N) is 1. The van der Waals surface area contributed by atoms with Crippen LogP contribution in [0.15, 0.2) is 47.4 Å². The molecule has 2 aromatic rings. The first-order chi connectivity index (χ1) is 11.9. The molecule has 1 aliphatic rings. The Morgan fingerprint density at radius 1 is 1.15 bits per heavy atom. The molecule has 1 fully saturated rings. The van der Waals surface area contributed by atoms with E-state index in [0.717, 1.165) is 5.56 Å². The summed E-state index contributed by atoms with van der Waals surface area (Å²) < 4.78 is 46.5. The lowest BCUT2D eigenvalue weighted by Gasteiger charge is -2.19. The second-order valence-corrected chi connectivity index (χ2v) is 8.11. The van der Waals surface area contributed by atoms with Crippen LogP contribution >= 0.6 is 12.4 Å². The summed E-state index contributed by atoms with van der Waals surface area (Å²) in [4.78, 5) is -0.0493. The van der Waals surface area contributed by atoms with Crippen LogP contribution in [0.4, 0.5) is 4.39 Å². The van der Waals surface area contributed by atoms with Crippen LogP contribution in [-0.4, -0.2) is 39.0 Å². The topological polar surface area (TPSA) is 72.6 Å². The minimum atomic E-state index is -3.83. The molecule has 3 rings (SSSR count). The molecule has 0 radical (unpaired) electrons. The van der Waals surface area contributed by atoms with E-state index in [2.05, 4.69) is 0 Å². The lowest BCUT2D eigenvalue weighted by atomic mass is 9.95. The van der Waals surface area contributed by atoms with Crippen molar-refractivity contribution in [3.05, 3.63) is 59.4 Å². The van der Waals surface area contributed by atoms with Gasteiger partial charge in [-0.1, -0.05) is 30.3 Å². The minimum absolute atomic E-state index is 0. The molecule has 2 N–H and O–H groups in total. The fourth-order valence-corrected chi connectivity index (χ4v) is 4.98. The standard InChI is InChI=1S/C18H21FN2O3S.ClH/c1-12-17(9-8-16(24-2)18(12)19)25(22,23)21-10-14(15(20)11-21)13-6-4-3-5-7-13;/h3-9,14-15H,10-11,20H2,1-2H3;1H/t14-,15+;/m0./s1. The molecular weight excluding hydrogens is 379 g/mol. The van der Waals surface area contributed by atoms with Crippen LogP contribution < -0.4 is 10.5 Å². The molecule has 0 aromatic heterocycles. The minimum Gasteiger partial charge on any atom is -0.494 e. The maximum Gasteiger partial charge on any atom is 0.243 e. The Bertz CT molecular complexity index is 878. The zero-order chi connectivity index (χ0) is 18.2. The van der Waals surface area contributed by atoms with Gasteiger partial charge in [0, 0.05) is 30.6 Å². The molecule has 142 valence electrons. The Balaban J connectivity index is 0.00000243. The van der Waals surface area contributed by atoms with Crippen LogP contribution in [0.2, 0.25) is 0 Å². The van der Waals surface area contributed by atoms with Crippen molar-refractivity contribution in [3.8, 4) is 5.75 Å². The van der Waals surface area contributed by atoms with Gasteiger partial charge in [0.2, 0.25) is 10.0 Å². The van der Waals surface area contributed by atoms with E-state index in [-0.39, 0.29) is 53.7 Å². The zero-order valence-corrected chi connectivity index (χ0v) is 16.2. The van der Waals surface area contributed by atoms with Crippen LogP contribution in [-0.2, 0) is 10.0 Å². The van der Waals surface area contributed by atoms with Gasteiger partial charge < -0.3 is 10.5 Å². The highest BCUT2D eigenvalue weighted by molar-refractivity contribution is 7.89. The average molecular weight is 401 g/mol. The normalized spacial score (nSPS) is 20.6. The number of methoxy groups -OCH3 is 1. The molecule has 0 amide bonds. The van der Waals surface area contributed by atoms with E-state index in [9.17, 15) is 12.8 Å². The molecule has 1 aliphatic heterocycles. The lowest BCUT2D eigenvalue weighted by Crippen LogP contribution is -2.32. The van der Waals surface area contributed by atoms with Gasteiger partial charge >= 0.3 is 0 Å². The van der Waals surface area contributed by atoms with Crippen molar-refractivity contribution in [1.29, 1.82) is 0 Å². The second kappa shape index (κ2) is 7.92. The van der Waals surface area contributed by atoms with Gasteiger partial charge in [0.1, 0.15) is 0 Å². The molecule has 8 heteroatoms. The molecule has 0 spiro atoms. The first kappa shape index (κ1) is 20.6. The van der Waals surface area contributed by atoms with Crippen LogP contribution in [0.3, 0.4) is 0 Å². The van der Waals surface area contributed by atoms with Gasteiger partial charge in [0.15, 0.2) is 11.6 Å². The Kier molecular flexibility index (Phi) is 6.29. The van der Waals surface area contributed by atoms with Crippen LogP contribution in [0.1, 0.15) is 17.0 Å². The summed E-state index contributed by atoms with van der Waals surface area (Å²) >= 11 is 0. The molecule has 0 aliphatic carbocycles. The summed E-state index contributed by atoms with van der Waals surface area (Å²) in [5.74, 6) is -0.720. The van der Waals surface area contributed by atoms with Gasteiger partial charge in [-0.2, -0.15) is 4.31 Å². The summed E-state index contributed by atoms with van der Waals surface area (Å²) in [5.41, 5.74) is 7.25. The van der Waals surface area contributed by atoms with Gasteiger partial charge in [-0.15, -0.1) is 12.4 Å². The number of ether oxygens (including phenoxy) is 1. The molecule has 0 unspecified atom stereocenters. The molecule has 1 heterocycles. The zero-order valence-electron chi connectivity index (χ0n) is 14.6. The molecule has 2 atom stereocenters. The van der Waals surface area contributed by atoms with E-state index in [1.54, 1.807) is 0 Å². The monoisotopic (exact) mass is 400 g/mol. The van der Waals surface area contributed by atoms with Crippen LogP contribution in [0.25, 0.3) is 0 Å². The molecule has 0 saturated carbocycles. The number of halogens is 2. The van der Waals surface area contributed by atoms with Crippen molar-refractivity contribution in [3.63, 3.8) is 0 Å². The van der Waals surface area contributed by atoms with Gasteiger partial charge in [-0.05, 0) is 24.6 Å². The fraction of sp³-hybridized carbons (Fsp3) is 0.333. The number of hydrogen-bond acceptors (Lipinski definition) is 4. The van der Waals surface area contributed by atoms with Crippen LogP contribution in [0.5, 0.6) is 5.75 Å². The molecule has 1 saturated heterocycles. The van der Waals surface area contributed by atoms with E-state index in [0.29, 0.717) is 0 Å². The summed E-state index contributed by atoms with van der Waals surface area (Å²) in [5, 5.41) is 0. The van der Waals surface area contributed by atoms with Crippen molar-refractivity contribution in [2.75, 3.05) is 20.2 Å². The number of benzene rings is 2. The fourth-order valence-electron chi connectivity index (χ4n) is 3.26. The largest absolute Gasteiger partial charge is 0.494 e. The van der Waals surface area contributed by atoms with Crippen molar-refractivity contribution in [2.45, 2.75) is 23.8 Å². The smallest absolute Gasteiger partial charge is 0.243 e. The third kappa shape index (κ3) is 3.57. The Morgan fingerprint density at radius 2 is 1.81 bits per heavy atom. The number of sulfonamides is 1. The molecular formula is C18H22ClFN2O3S. The van der Waals surface area contributed by atoms with E-state index in [4.69, 9.17) is 10.5 Å². The van der Waals surface area contributed by atoms with E-state index in [1.165, 1.54) is 30.5 Å². The van der Waals surface area contributed by atoms with E-state index < -0.39 is 15.8 Å². The Hall–Kier alpha value is -1.67.